The highest BCUT2D eigenvalue weighted by molar-refractivity contribution is 7.14. The minimum absolute atomic E-state index is 0.113. The van der Waals surface area contributed by atoms with E-state index in [9.17, 15) is 17.6 Å². The Kier molecular flexibility index (Phi) is 5.09. The van der Waals surface area contributed by atoms with Crippen molar-refractivity contribution in [2.45, 2.75) is 25.9 Å². The molecule has 0 aliphatic carbocycles. The molecule has 10 heteroatoms. The molecule has 1 aromatic carbocycles. The van der Waals surface area contributed by atoms with Gasteiger partial charge < -0.3 is 4.74 Å². The highest BCUT2D eigenvalue weighted by Crippen LogP contribution is 2.35. The van der Waals surface area contributed by atoms with Crippen LogP contribution in [0.5, 0.6) is 5.88 Å². The molecule has 0 aliphatic heterocycles. The first-order valence-corrected chi connectivity index (χ1v) is 8.60. The number of hydrogen-bond donors (Lipinski definition) is 0. The molecule has 0 saturated carbocycles. The second-order valence-electron chi connectivity index (χ2n) is 5.74. The van der Waals surface area contributed by atoms with Crippen LogP contribution in [0.1, 0.15) is 34.8 Å². The van der Waals surface area contributed by atoms with Gasteiger partial charge >= 0.3 is 6.18 Å². The van der Waals surface area contributed by atoms with Crippen molar-refractivity contribution in [2.75, 3.05) is 7.11 Å². The van der Waals surface area contributed by atoms with Crippen LogP contribution in [-0.4, -0.2) is 27.3 Å². The lowest BCUT2D eigenvalue weighted by molar-refractivity contribution is -0.137. The Balaban J connectivity index is 1.92. The van der Waals surface area contributed by atoms with Crippen LogP contribution in [0.2, 0.25) is 0 Å². The smallest absolute Gasteiger partial charge is 0.416 e. The highest BCUT2D eigenvalue weighted by atomic mass is 32.1. The molecule has 0 saturated heterocycles. The molecule has 0 bridgehead atoms. The summed E-state index contributed by atoms with van der Waals surface area (Å²) < 4.78 is 57.4. The van der Waals surface area contributed by atoms with Crippen molar-refractivity contribution < 1.29 is 22.3 Å². The number of alkyl halides is 3. The molecular formula is C17H14F4N4OS. The standard InChI is InChI=1S/C17H14F4N4OS/c1-8(11-5-4-10(6-12(11)18)17(19,20)21)15-24-25-16(27-15)13-7-14(26-3)23-9(2)22-13/h4-8H,1-3H3. The van der Waals surface area contributed by atoms with Crippen LogP contribution in [0.4, 0.5) is 17.6 Å². The van der Waals surface area contributed by atoms with Crippen LogP contribution in [-0.2, 0) is 6.18 Å². The number of methoxy groups -OCH3 is 1. The number of aryl methyl sites for hydroxylation is 1. The quantitative estimate of drug-likeness (QED) is 0.600. The van der Waals surface area contributed by atoms with Crippen LogP contribution in [0.3, 0.4) is 0 Å². The zero-order valence-corrected chi connectivity index (χ0v) is 15.3. The molecule has 0 radical (unpaired) electrons. The maximum Gasteiger partial charge on any atom is 0.416 e. The molecule has 0 aliphatic rings. The van der Waals surface area contributed by atoms with Crippen molar-refractivity contribution in [1.82, 2.24) is 20.2 Å². The van der Waals surface area contributed by atoms with Gasteiger partial charge in [0, 0.05) is 12.0 Å². The second kappa shape index (κ2) is 7.18. The van der Waals surface area contributed by atoms with Gasteiger partial charge in [-0.15, -0.1) is 10.2 Å². The van der Waals surface area contributed by atoms with Gasteiger partial charge in [0.15, 0.2) is 5.01 Å². The molecule has 5 nitrogen and oxygen atoms in total. The summed E-state index contributed by atoms with van der Waals surface area (Å²) in [4.78, 5) is 8.36. The van der Waals surface area contributed by atoms with Crippen molar-refractivity contribution in [3.8, 4) is 16.6 Å². The van der Waals surface area contributed by atoms with Gasteiger partial charge in [0.2, 0.25) is 5.88 Å². The number of ether oxygens (including phenoxy) is 1. The molecule has 3 aromatic rings. The first-order chi connectivity index (χ1) is 12.7. The van der Waals surface area contributed by atoms with Crippen LogP contribution in [0.25, 0.3) is 10.7 Å². The third-order valence-corrected chi connectivity index (χ3v) is 4.98. The topological polar surface area (TPSA) is 60.8 Å². The number of hydrogen-bond acceptors (Lipinski definition) is 6. The molecule has 1 atom stereocenters. The van der Waals surface area contributed by atoms with Crippen LogP contribution < -0.4 is 4.74 Å². The van der Waals surface area contributed by atoms with Gasteiger partial charge in [-0.3, -0.25) is 0 Å². The van der Waals surface area contributed by atoms with Gasteiger partial charge in [0.05, 0.1) is 12.7 Å². The molecule has 2 aromatic heterocycles. The molecule has 0 amide bonds. The van der Waals surface area contributed by atoms with Crippen molar-refractivity contribution in [1.29, 1.82) is 0 Å². The van der Waals surface area contributed by atoms with E-state index in [1.54, 1.807) is 19.9 Å². The van der Waals surface area contributed by atoms with Gasteiger partial charge in [-0.05, 0) is 24.6 Å². The minimum atomic E-state index is -4.59. The lowest BCUT2D eigenvalue weighted by atomic mass is 9.99. The molecule has 0 spiro atoms. The summed E-state index contributed by atoms with van der Waals surface area (Å²) in [5.41, 5.74) is -0.414. The summed E-state index contributed by atoms with van der Waals surface area (Å²) in [6, 6.07) is 4.07. The molecule has 3 rings (SSSR count). The number of aromatic nitrogens is 4. The number of nitrogens with zero attached hydrogens (tertiary/aromatic N) is 4. The second-order valence-corrected chi connectivity index (χ2v) is 6.75. The van der Waals surface area contributed by atoms with Gasteiger partial charge in [0.25, 0.3) is 0 Å². The summed E-state index contributed by atoms with van der Waals surface area (Å²) in [6.07, 6.45) is -4.59. The number of rotatable bonds is 4. The van der Waals surface area contributed by atoms with E-state index >= 15 is 0 Å². The molecule has 27 heavy (non-hydrogen) atoms. The molecule has 0 fully saturated rings. The summed E-state index contributed by atoms with van der Waals surface area (Å²) >= 11 is 1.18. The van der Waals surface area contributed by atoms with Gasteiger partial charge in [-0.25, -0.2) is 9.37 Å². The van der Waals surface area contributed by atoms with E-state index < -0.39 is 23.5 Å². The van der Waals surface area contributed by atoms with E-state index in [0.717, 1.165) is 12.1 Å². The van der Waals surface area contributed by atoms with Crippen molar-refractivity contribution in [3.05, 3.63) is 52.0 Å². The summed E-state index contributed by atoms with van der Waals surface area (Å²) in [5.74, 6) is -0.643. The van der Waals surface area contributed by atoms with Gasteiger partial charge in [0.1, 0.15) is 22.3 Å². The van der Waals surface area contributed by atoms with Crippen molar-refractivity contribution >= 4 is 11.3 Å². The maximum atomic E-state index is 14.2. The zero-order valence-electron chi connectivity index (χ0n) is 14.5. The van der Waals surface area contributed by atoms with Crippen molar-refractivity contribution in [3.63, 3.8) is 0 Å². The van der Waals surface area contributed by atoms with E-state index in [1.165, 1.54) is 18.4 Å². The number of benzene rings is 1. The Bertz CT molecular complexity index is 974. The predicted molar refractivity (Wildman–Crippen MR) is 91.1 cm³/mol. The summed E-state index contributed by atoms with van der Waals surface area (Å²) in [7, 11) is 1.48. The lowest BCUT2D eigenvalue weighted by Crippen LogP contribution is -2.07. The fraction of sp³-hybridized carbons (Fsp3) is 0.294. The van der Waals surface area contributed by atoms with E-state index in [0.29, 0.717) is 33.5 Å². The monoisotopic (exact) mass is 398 g/mol. The van der Waals surface area contributed by atoms with Crippen molar-refractivity contribution in [2.24, 2.45) is 0 Å². The van der Waals surface area contributed by atoms with Crippen LogP contribution >= 0.6 is 11.3 Å². The Morgan fingerprint density at radius 1 is 1.11 bits per heavy atom. The first kappa shape index (κ1) is 19.2. The molecule has 142 valence electrons. The van der Waals surface area contributed by atoms with Gasteiger partial charge in [-0.1, -0.05) is 24.3 Å². The Morgan fingerprint density at radius 3 is 2.48 bits per heavy atom. The summed E-state index contributed by atoms with van der Waals surface area (Å²) in [6.45, 7) is 3.36. The Labute approximate surface area is 156 Å². The van der Waals surface area contributed by atoms with E-state index in [2.05, 4.69) is 20.2 Å². The average Bonchev–Trinajstić information content (AvgIpc) is 3.10. The largest absolute Gasteiger partial charge is 0.481 e. The minimum Gasteiger partial charge on any atom is -0.481 e. The van der Waals surface area contributed by atoms with E-state index in [1.807, 2.05) is 0 Å². The fourth-order valence-corrected chi connectivity index (χ4v) is 3.33. The predicted octanol–water partition coefficient (Wildman–Crippen LogP) is 4.62. The summed E-state index contributed by atoms with van der Waals surface area (Å²) in [5, 5.41) is 9.04. The third kappa shape index (κ3) is 4.05. The third-order valence-electron chi connectivity index (χ3n) is 3.85. The first-order valence-electron chi connectivity index (χ1n) is 7.79. The van der Waals surface area contributed by atoms with Gasteiger partial charge in [-0.2, -0.15) is 18.2 Å². The van der Waals surface area contributed by atoms with E-state index in [4.69, 9.17) is 4.74 Å². The normalized spacial score (nSPS) is 12.9. The Hall–Kier alpha value is -2.62. The highest BCUT2D eigenvalue weighted by Gasteiger charge is 2.32. The maximum absolute atomic E-state index is 14.2. The molecular weight excluding hydrogens is 384 g/mol. The van der Waals surface area contributed by atoms with Crippen LogP contribution in [0, 0.1) is 12.7 Å². The average molecular weight is 398 g/mol. The SMILES string of the molecule is COc1cc(-c2nnc(C(C)c3ccc(C(F)(F)F)cc3F)s2)nc(C)n1. The lowest BCUT2D eigenvalue weighted by Gasteiger charge is -2.12. The zero-order chi connectivity index (χ0) is 19.8. The number of halogens is 4. The molecule has 2 heterocycles. The van der Waals surface area contributed by atoms with E-state index in [-0.39, 0.29) is 5.56 Å². The molecule has 1 unspecified atom stereocenters. The fourth-order valence-electron chi connectivity index (χ4n) is 2.46. The Morgan fingerprint density at radius 2 is 1.85 bits per heavy atom. The van der Waals surface area contributed by atoms with Crippen LogP contribution in [0.15, 0.2) is 24.3 Å². The molecule has 0 N–H and O–H groups in total.